The van der Waals surface area contributed by atoms with Crippen LogP contribution in [0.5, 0.6) is 0 Å². The Labute approximate surface area is 643 Å². The Morgan fingerprint density at radius 2 is 0.633 bits per heavy atom. The lowest BCUT2D eigenvalue weighted by Crippen LogP contribution is -2.61. The molecule has 0 radical (unpaired) electrons. The zero-order valence-corrected chi connectivity index (χ0v) is 64.1. The standard InChI is InChI=1S/C102H77BN2O2S2/c1-100(2,3)68-56-83-95-84(57-68)105(97-76(65-48-44-63(45-49-65)61-28-14-11-15-29-61)59-78(102(7,8)9)99-94(97)74-33-19-23-41-90(74)109-99)82-53-51-67(70-35-25-39-88-92(70)72-31-17-21-37-86(72)107-88)55-80(82)103(95)79-54-66(69-34-24-38-87-91(69)71-30-16-20-36-85(71)106-87)50-52-81(79)104(83)96-75(64-46-42-62(43-47-64)60-26-12-10-13-27-60)58-77(101(4,5)6)98-93(96)73-32-18-22-40-89(73)108-98/h10-59H,1-9H3. The van der Waals surface area contributed by atoms with Crippen molar-refractivity contribution in [2.45, 2.75) is 78.6 Å². The van der Waals surface area contributed by atoms with E-state index in [1.807, 2.05) is 22.7 Å². The maximum Gasteiger partial charge on any atom is 0.252 e. The van der Waals surface area contributed by atoms with E-state index in [1.54, 1.807) is 0 Å². The molecular weight excluding hydrogens is 1360 g/mol. The van der Waals surface area contributed by atoms with Crippen LogP contribution in [0.25, 0.3) is 151 Å². The minimum absolute atomic E-state index is 0.228. The number of hydrogen-bond acceptors (Lipinski definition) is 6. The first-order valence-electron chi connectivity index (χ1n) is 38.1. The summed E-state index contributed by atoms with van der Waals surface area (Å²) < 4.78 is 18.7. The van der Waals surface area contributed by atoms with Gasteiger partial charge in [0, 0.05) is 95.8 Å². The Bertz CT molecular complexity index is 6570. The van der Waals surface area contributed by atoms with Crippen molar-refractivity contribution in [3.8, 4) is 66.8 Å². The van der Waals surface area contributed by atoms with Crippen LogP contribution in [0, 0.1) is 0 Å². The van der Waals surface area contributed by atoms with Gasteiger partial charge in [0.1, 0.15) is 22.3 Å². The number of anilines is 6. The van der Waals surface area contributed by atoms with Crippen molar-refractivity contribution in [3.05, 3.63) is 320 Å². The molecule has 0 aliphatic carbocycles. The number of rotatable bonds is 8. The molecule has 6 heterocycles. The number of furan rings is 2. The average molecular weight is 1440 g/mol. The molecule has 0 spiro atoms. The highest BCUT2D eigenvalue weighted by molar-refractivity contribution is 7.26. The molecule has 15 aromatic carbocycles. The Morgan fingerprint density at radius 3 is 1.05 bits per heavy atom. The van der Waals surface area contributed by atoms with Crippen LogP contribution in [0.3, 0.4) is 0 Å². The minimum Gasteiger partial charge on any atom is -0.456 e. The highest BCUT2D eigenvalue weighted by atomic mass is 32.1. The van der Waals surface area contributed by atoms with Crippen LogP contribution in [0.2, 0.25) is 0 Å². The number of benzene rings is 15. The summed E-state index contributed by atoms with van der Waals surface area (Å²) in [6, 6.07) is 114. The maximum absolute atomic E-state index is 6.78. The van der Waals surface area contributed by atoms with Crippen LogP contribution in [0.15, 0.2) is 312 Å². The third-order valence-electron chi connectivity index (χ3n) is 23.3. The van der Waals surface area contributed by atoms with Crippen molar-refractivity contribution < 1.29 is 8.83 Å². The third-order valence-corrected chi connectivity index (χ3v) is 25.7. The van der Waals surface area contributed by atoms with Gasteiger partial charge >= 0.3 is 0 Å². The molecule has 0 fully saturated rings. The minimum atomic E-state index is -0.335. The van der Waals surface area contributed by atoms with E-state index in [0.29, 0.717) is 0 Å². The van der Waals surface area contributed by atoms with Crippen molar-refractivity contribution in [2.24, 2.45) is 0 Å². The fourth-order valence-corrected chi connectivity index (χ4v) is 20.9. The molecule has 21 rings (SSSR count). The van der Waals surface area contributed by atoms with Gasteiger partial charge < -0.3 is 18.6 Å². The molecule has 0 bridgehead atoms. The van der Waals surface area contributed by atoms with Crippen LogP contribution in [-0.2, 0) is 16.2 Å². The highest BCUT2D eigenvalue weighted by Crippen LogP contribution is 2.59. The fraction of sp³-hybridized carbons (Fsp3) is 0.118. The first kappa shape index (κ1) is 65.3. The van der Waals surface area contributed by atoms with Crippen molar-refractivity contribution >= 4 is 164 Å². The van der Waals surface area contributed by atoms with Crippen LogP contribution >= 0.6 is 22.7 Å². The number of para-hydroxylation sites is 2. The fourth-order valence-electron chi connectivity index (χ4n) is 18.0. The maximum atomic E-state index is 6.78. The van der Waals surface area contributed by atoms with Crippen LogP contribution in [-0.4, -0.2) is 6.71 Å². The summed E-state index contributed by atoms with van der Waals surface area (Å²) in [6.45, 7) is 21.3. The molecule has 0 atom stereocenters. The Hall–Kier alpha value is -12.0. The summed E-state index contributed by atoms with van der Waals surface area (Å²) >= 11 is 3.87. The van der Waals surface area contributed by atoms with E-state index in [9.17, 15) is 0 Å². The van der Waals surface area contributed by atoms with E-state index in [4.69, 9.17) is 8.83 Å². The SMILES string of the molecule is CC(C)(C)c1cc2c3c(c1)N(c1c(-c4ccc(-c5ccccc5)cc4)cc(C(C)(C)C)c4sc5ccccc5c14)c1ccc(-c4cccc5oc6ccccc6c45)cc1B3c1cc(-c3cccc4oc5ccccc5c34)ccc1N2c1c(-c2ccc(-c3ccccc3)cc2)cc(C(C)(C)C)c2sc3ccccc3c12. The largest absolute Gasteiger partial charge is 0.456 e. The summed E-state index contributed by atoms with van der Waals surface area (Å²) in [5.74, 6) is 0. The molecule has 522 valence electrons. The molecule has 0 amide bonds. The zero-order chi connectivity index (χ0) is 73.5. The quantitative estimate of drug-likeness (QED) is 0.142. The van der Waals surface area contributed by atoms with Gasteiger partial charge in [-0.1, -0.05) is 293 Å². The first-order valence-corrected chi connectivity index (χ1v) is 39.8. The molecule has 0 unspecified atom stereocenters. The van der Waals surface area contributed by atoms with Gasteiger partial charge in [-0.2, -0.15) is 0 Å². The van der Waals surface area contributed by atoms with Gasteiger partial charge in [-0.05, 0) is 178 Å². The van der Waals surface area contributed by atoms with E-state index < -0.39 is 0 Å². The Kier molecular flexibility index (Phi) is 14.5. The van der Waals surface area contributed by atoms with Crippen molar-refractivity contribution in [1.82, 2.24) is 0 Å². The van der Waals surface area contributed by atoms with Gasteiger partial charge in [-0.25, -0.2) is 0 Å². The van der Waals surface area contributed by atoms with Gasteiger partial charge in [0.15, 0.2) is 0 Å². The van der Waals surface area contributed by atoms with Crippen LogP contribution in [0.1, 0.15) is 79.0 Å². The molecule has 0 N–H and O–H groups in total. The number of thiophene rings is 2. The van der Waals surface area contributed by atoms with Gasteiger partial charge in [-0.15, -0.1) is 22.7 Å². The van der Waals surface area contributed by atoms with E-state index in [-0.39, 0.29) is 23.0 Å². The van der Waals surface area contributed by atoms with Crippen molar-refractivity contribution in [3.63, 3.8) is 0 Å². The van der Waals surface area contributed by atoms with Crippen molar-refractivity contribution in [2.75, 3.05) is 9.80 Å². The Morgan fingerprint density at radius 1 is 0.275 bits per heavy atom. The smallest absolute Gasteiger partial charge is 0.252 e. The third kappa shape index (κ3) is 10.2. The molecule has 2 aliphatic heterocycles. The van der Waals surface area contributed by atoms with E-state index in [0.717, 1.165) is 100 Å². The van der Waals surface area contributed by atoms with Crippen LogP contribution in [0.4, 0.5) is 34.1 Å². The normalized spacial score (nSPS) is 13.1. The van der Waals surface area contributed by atoms with Gasteiger partial charge in [0.2, 0.25) is 0 Å². The predicted octanol–water partition coefficient (Wildman–Crippen LogP) is 28.2. The highest BCUT2D eigenvalue weighted by Gasteiger charge is 2.47. The van der Waals surface area contributed by atoms with E-state index >= 15 is 0 Å². The summed E-state index contributed by atoms with van der Waals surface area (Å²) in [5, 5.41) is 9.43. The average Bonchev–Trinajstić information content (AvgIpc) is 1.32. The second-order valence-electron chi connectivity index (χ2n) is 33.0. The first-order chi connectivity index (χ1) is 53.0. The van der Waals surface area contributed by atoms with Gasteiger partial charge in [0.05, 0.1) is 11.4 Å². The summed E-state index contributed by atoms with van der Waals surface area (Å²) in [7, 11) is 0. The molecule has 0 saturated carbocycles. The molecule has 0 saturated heterocycles. The number of nitrogens with zero attached hydrogens (tertiary/aromatic N) is 2. The summed E-state index contributed by atoms with van der Waals surface area (Å²) in [5.41, 5.74) is 31.1. The van der Waals surface area contributed by atoms with Crippen molar-refractivity contribution in [1.29, 1.82) is 0 Å². The zero-order valence-electron chi connectivity index (χ0n) is 62.5. The topological polar surface area (TPSA) is 32.8 Å². The van der Waals surface area contributed by atoms with Gasteiger partial charge in [0.25, 0.3) is 6.71 Å². The summed E-state index contributed by atoms with van der Waals surface area (Å²) in [6.07, 6.45) is 0. The Balaban J connectivity index is 0.948. The lowest BCUT2D eigenvalue weighted by Gasteiger charge is -2.46. The molecule has 4 aromatic heterocycles. The second kappa shape index (κ2) is 24.3. The van der Waals surface area contributed by atoms with E-state index in [2.05, 4.69) is 375 Å². The molecular formula is C102H77BN2O2S2. The molecule has 7 heteroatoms. The molecule has 109 heavy (non-hydrogen) atoms. The lowest BCUT2D eigenvalue weighted by molar-refractivity contribution is 0.590. The van der Waals surface area contributed by atoms with Gasteiger partial charge in [-0.3, -0.25) is 0 Å². The second-order valence-corrected chi connectivity index (χ2v) is 35.1. The lowest BCUT2D eigenvalue weighted by atomic mass is 9.33. The molecule has 4 nitrogen and oxygen atoms in total. The number of hydrogen-bond donors (Lipinski definition) is 0. The summed E-state index contributed by atoms with van der Waals surface area (Å²) in [4.78, 5) is 5.53. The monoisotopic (exact) mass is 1440 g/mol. The molecule has 19 aromatic rings. The van der Waals surface area contributed by atoms with E-state index in [1.165, 1.54) is 118 Å². The molecule has 2 aliphatic rings. The number of fused-ring (bicyclic) bond motifs is 16. The predicted molar refractivity (Wildman–Crippen MR) is 470 cm³/mol. The van der Waals surface area contributed by atoms with Crippen LogP contribution < -0.4 is 26.2 Å².